The van der Waals surface area contributed by atoms with E-state index in [0.29, 0.717) is 22.2 Å². The van der Waals surface area contributed by atoms with Gasteiger partial charge in [0.2, 0.25) is 0 Å². The highest BCUT2D eigenvalue weighted by Gasteiger charge is 2.16. The van der Waals surface area contributed by atoms with Crippen LogP contribution in [-0.4, -0.2) is 15.9 Å². The predicted octanol–water partition coefficient (Wildman–Crippen LogP) is 4.41. The Bertz CT molecular complexity index is 1050. The number of carbonyl (C=O) groups is 1. The fourth-order valence-electron chi connectivity index (χ4n) is 3.00. The molecule has 2 heterocycles. The van der Waals surface area contributed by atoms with Crippen LogP contribution < -0.4 is 0 Å². The van der Waals surface area contributed by atoms with E-state index in [1.54, 1.807) is 17.5 Å². The molecule has 0 aliphatic rings. The number of rotatable bonds is 2. The number of aromatic nitrogens is 2. The quantitative estimate of drug-likeness (QED) is 0.514. The van der Waals surface area contributed by atoms with Crippen LogP contribution in [0.15, 0.2) is 54.6 Å². The number of fused-ring (bicyclic) bond motifs is 3. The van der Waals surface area contributed by atoms with Crippen molar-refractivity contribution in [2.75, 3.05) is 0 Å². The molecule has 112 valence electrons. The highest BCUT2D eigenvalue weighted by atomic mass is 19.1. The minimum absolute atomic E-state index is 0.331. The highest BCUT2D eigenvalue weighted by molar-refractivity contribution is 6.05. The molecule has 23 heavy (non-hydrogen) atoms. The van der Waals surface area contributed by atoms with E-state index in [-0.39, 0.29) is 5.82 Å². The summed E-state index contributed by atoms with van der Waals surface area (Å²) < 4.78 is 15.4. The minimum atomic E-state index is -0.331. The predicted molar refractivity (Wildman–Crippen MR) is 88.2 cm³/mol. The second-order valence-electron chi connectivity index (χ2n) is 5.50. The first-order valence-electron chi connectivity index (χ1n) is 7.31. The van der Waals surface area contributed by atoms with Crippen LogP contribution in [0.1, 0.15) is 16.1 Å². The zero-order valence-electron chi connectivity index (χ0n) is 12.5. The highest BCUT2D eigenvalue weighted by Crippen LogP contribution is 2.31. The number of carbonyl (C=O) groups excluding carboxylic acids is 1. The molecule has 0 aliphatic heterocycles. The van der Waals surface area contributed by atoms with Crippen LogP contribution in [0, 0.1) is 12.7 Å². The van der Waals surface area contributed by atoms with Gasteiger partial charge in [0, 0.05) is 10.9 Å². The third kappa shape index (κ3) is 2.03. The molecule has 0 spiro atoms. The lowest BCUT2D eigenvalue weighted by atomic mass is 10.0. The number of halogens is 1. The molecule has 3 nitrogen and oxygen atoms in total. The number of benzene rings is 2. The molecule has 4 aromatic rings. The van der Waals surface area contributed by atoms with Gasteiger partial charge in [-0.15, -0.1) is 0 Å². The molecule has 0 N–H and O–H groups in total. The Morgan fingerprint density at radius 1 is 1.09 bits per heavy atom. The van der Waals surface area contributed by atoms with E-state index in [1.807, 2.05) is 36.4 Å². The van der Waals surface area contributed by atoms with Crippen LogP contribution in [-0.2, 0) is 0 Å². The summed E-state index contributed by atoms with van der Waals surface area (Å²) in [6.07, 6.45) is 0.788. The normalized spacial score (nSPS) is 11.2. The summed E-state index contributed by atoms with van der Waals surface area (Å²) in [5, 5.41) is 6.07. The van der Waals surface area contributed by atoms with E-state index in [4.69, 9.17) is 0 Å². The standard InChI is InChI=1S/C19H13FN2O/c1-12-17(11-23)19-16-10-15(20)8-7-14(16)9-18(22(19)21-12)13-5-3-2-4-6-13/h2-11H,1H3. The lowest BCUT2D eigenvalue weighted by Crippen LogP contribution is -1.96. The maximum atomic E-state index is 13.7. The van der Waals surface area contributed by atoms with E-state index in [2.05, 4.69) is 5.10 Å². The van der Waals surface area contributed by atoms with Gasteiger partial charge >= 0.3 is 0 Å². The van der Waals surface area contributed by atoms with Crippen molar-refractivity contribution >= 4 is 22.6 Å². The Balaban J connectivity index is 2.23. The van der Waals surface area contributed by atoms with Crippen molar-refractivity contribution in [1.29, 1.82) is 0 Å². The smallest absolute Gasteiger partial charge is 0.154 e. The third-order valence-electron chi connectivity index (χ3n) is 4.08. The summed E-state index contributed by atoms with van der Waals surface area (Å²) in [6, 6.07) is 16.4. The summed E-state index contributed by atoms with van der Waals surface area (Å²) in [5.74, 6) is -0.331. The lowest BCUT2D eigenvalue weighted by molar-refractivity contribution is 0.112. The zero-order valence-corrected chi connectivity index (χ0v) is 12.5. The average molecular weight is 304 g/mol. The lowest BCUT2D eigenvalue weighted by Gasteiger charge is -2.09. The molecule has 0 amide bonds. The molecule has 0 bridgehead atoms. The topological polar surface area (TPSA) is 34.4 Å². The van der Waals surface area contributed by atoms with E-state index in [9.17, 15) is 9.18 Å². The van der Waals surface area contributed by atoms with Crippen molar-refractivity contribution in [3.05, 3.63) is 71.7 Å². The first-order chi connectivity index (χ1) is 11.2. The first-order valence-corrected chi connectivity index (χ1v) is 7.31. The average Bonchev–Trinajstić information content (AvgIpc) is 2.91. The van der Waals surface area contributed by atoms with Crippen molar-refractivity contribution < 1.29 is 9.18 Å². The molecule has 4 rings (SSSR count). The molecule has 0 aliphatic carbocycles. The fourth-order valence-corrected chi connectivity index (χ4v) is 3.00. The minimum Gasteiger partial charge on any atom is -0.298 e. The van der Waals surface area contributed by atoms with E-state index in [1.165, 1.54) is 12.1 Å². The summed E-state index contributed by atoms with van der Waals surface area (Å²) in [6.45, 7) is 1.79. The van der Waals surface area contributed by atoms with Crippen molar-refractivity contribution in [3.8, 4) is 11.3 Å². The molecule has 0 radical (unpaired) electrons. The van der Waals surface area contributed by atoms with E-state index >= 15 is 0 Å². The molecule has 4 heteroatoms. The molecule has 0 fully saturated rings. The molecule has 0 saturated carbocycles. The van der Waals surface area contributed by atoms with Gasteiger partial charge in [-0.3, -0.25) is 4.79 Å². The Hall–Kier alpha value is -3.01. The molecule has 2 aromatic carbocycles. The van der Waals surface area contributed by atoms with Crippen LogP contribution in [0.3, 0.4) is 0 Å². The Morgan fingerprint density at radius 3 is 2.61 bits per heavy atom. The maximum Gasteiger partial charge on any atom is 0.154 e. The molecule has 0 unspecified atom stereocenters. The van der Waals surface area contributed by atoms with Crippen molar-refractivity contribution in [2.24, 2.45) is 0 Å². The summed E-state index contributed by atoms with van der Waals surface area (Å²) in [7, 11) is 0. The van der Waals surface area contributed by atoms with Crippen LogP contribution in [0.5, 0.6) is 0 Å². The van der Waals surface area contributed by atoms with Crippen molar-refractivity contribution in [2.45, 2.75) is 6.92 Å². The Morgan fingerprint density at radius 2 is 1.87 bits per heavy atom. The SMILES string of the molecule is Cc1nn2c(-c3ccccc3)cc3ccc(F)cc3c2c1C=O. The van der Waals surface area contributed by atoms with Crippen molar-refractivity contribution in [3.63, 3.8) is 0 Å². The fraction of sp³-hybridized carbons (Fsp3) is 0.0526. The van der Waals surface area contributed by atoms with Crippen molar-refractivity contribution in [1.82, 2.24) is 9.61 Å². The van der Waals surface area contributed by atoms with Gasteiger partial charge in [0.1, 0.15) is 5.82 Å². The number of hydrogen-bond donors (Lipinski definition) is 0. The number of pyridine rings is 1. The number of aldehydes is 1. The second kappa shape index (κ2) is 5.02. The van der Waals surface area contributed by atoms with Gasteiger partial charge in [-0.2, -0.15) is 5.10 Å². The Labute approximate surface area is 132 Å². The van der Waals surface area contributed by atoms with Gasteiger partial charge in [-0.05, 0) is 30.5 Å². The van der Waals surface area contributed by atoms with Crippen LogP contribution in [0.4, 0.5) is 4.39 Å². The number of aryl methyl sites for hydroxylation is 1. The van der Waals surface area contributed by atoms with E-state index < -0.39 is 0 Å². The monoisotopic (exact) mass is 304 g/mol. The van der Waals surface area contributed by atoms with Crippen LogP contribution >= 0.6 is 0 Å². The largest absolute Gasteiger partial charge is 0.298 e. The summed E-state index contributed by atoms with van der Waals surface area (Å²) in [4.78, 5) is 11.5. The third-order valence-corrected chi connectivity index (χ3v) is 4.08. The maximum absolute atomic E-state index is 13.7. The van der Waals surface area contributed by atoms with E-state index in [0.717, 1.165) is 22.9 Å². The molecule has 2 aromatic heterocycles. The number of hydrogen-bond acceptors (Lipinski definition) is 2. The Kier molecular flexibility index (Phi) is 2.98. The van der Waals surface area contributed by atoms with Gasteiger partial charge < -0.3 is 0 Å². The molecule has 0 atom stereocenters. The van der Waals surface area contributed by atoms with Crippen LogP contribution in [0.25, 0.3) is 27.5 Å². The van der Waals surface area contributed by atoms with Crippen LogP contribution in [0.2, 0.25) is 0 Å². The number of nitrogens with zero attached hydrogens (tertiary/aromatic N) is 2. The van der Waals surface area contributed by atoms with Gasteiger partial charge in [0.25, 0.3) is 0 Å². The molecule has 0 saturated heterocycles. The first kappa shape index (κ1) is 13.6. The molecular weight excluding hydrogens is 291 g/mol. The second-order valence-corrected chi connectivity index (χ2v) is 5.50. The van der Waals surface area contributed by atoms with Gasteiger partial charge in [-0.1, -0.05) is 36.4 Å². The van der Waals surface area contributed by atoms with Gasteiger partial charge in [-0.25, -0.2) is 8.91 Å². The van der Waals surface area contributed by atoms with Gasteiger partial charge in [0.15, 0.2) is 6.29 Å². The summed E-state index contributed by atoms with van der Waals surface area (Å²) >= 11 is 0. The summed E-state index contributed by atoms with van der Waals surface area (Å²) in [5.41, 5.74) is 3.64. The molecular formula is C19H13FN2O. The zero-order chi connectivity index (χ0) is 16.0. The van der Waals surface area contributed by atoms with Gasteiger partial charge in [0.05, 0.1) is 22.5 Å².